The van der Waals surface area contributed by atoms with Gasteiger partial charge in [-0.3, -0.25) is 19.6 Å². The average molecular weight is 300 g/mol. The summed E-state index contributed by atoms with van der Waals surface area (Å²) in [5.74, 6) is -0.388. The highest BCUT2D eigenvalue weighted by molar-refractivity contribution is 5.93. The maximum Gasteiger partial charge on any atom is 0.255 e. The second-order valence-electron chi connectivity index (χ2n) is 4.33. The minimum Gasteiger partial charge on any atom is -0.366 e. The molecule has 0 aliphatic heterocycles. The SMILES string of the molecule is CCN(CC)C(=O)c1cccnc1.NC(=O)c1cccnc1. The summed E-state index contributed by atoms with van der Waals surface area (Å²) in [5, 5.41) is 0. The molecule has 2 aromatic heterocycles. The molecule has 2 heterocycles. The van der Waals surface area contributed by atoms with E-state index in [1.54, 1.807) is 47.8 Å². The Labute approximate surface area is 130 Å². The lowest BCUT2D eigenvalue weighted by Crippen LogP contribution is -2.30. The molecule has 2 rings (SSSR count). The molecule has 6 heteroatoms. The summed E-state index contributed by atoms with van der Waals surface area (Å²) in [7, 11) is 0. The molecule has 22 heavy (non-hydrogen) atoms. The second kappa shape index (κ2) is 9.23. The van der Waals surface area contributed by atoms with Gasteiger partial charge in [-0.2, -0.15) is 0 Å². The molecule has 0 bridgehead atoms. The number of hydrogen-bond donors (Lipinski definition) is 1. The Hall–Kier alpha value is -2.76. The van der Waals surface area contributed by atoms with Gasteiger partial charge in [-0.1, -0.05) is 0 Å². The highest BCUT2D eigenvalue weighted by Crippen LogP contribution is 2.01. The summed E-state index contributed by atoms with van der Waals surface area (Å²) >= 11 is 0. The number of amides is 2. The number of nitrogens with zero attached hydrogens (tertiary/aromatic N) is 3. The Morgan fingerprint density at radius 2 is 1.50 bits per heavy atom. The first-order valence-electron chi connectivity index (χ1n) is 6.99. The van der Waals surface area contributed by atoms with E-state index in [1.165, 1.54) is 6.20 Å². The van der Waals surface area contributed by atoms with Gasteiger partial charge in [0.25, 0.3) is 5.91 Å². The molecule has 0 fully saturated rings. The van der Waals surface area contributed by atoms with Crippen molar-refractivity contribution in [2.24, 2.45) is 5.73 Å². The normalized spacial score (nSPS) is 9.36. The van der Waals surface area contributed by atoms with Crippen LogP contribution in [0.2, 0.25) is 0 Å². The first kappa shape index (κ1) is 17.3. The van der Waals surface area contributed by atoms with Crippen molar-refractivity contribution in [1.29, 1.82) is 0 Å². The fraction of sp³-hybridized carbons (Fsp3) is 0.250. The molecule has 0 saturated carbocycles. The maximum absolute atomic E-state index is 11.7. The maximum atomic E-state index is 11.7. The van der Waals surface area contributed by atoms with Gasteiger partial charge in [-0.25, -0.2) is 0 Å². The number of nitrogens with two attached hydrogens (primary N) is 1. The number of primary amides is 1. The van der Waals surface area contributed by atoms with Crippen molar-refractivity contribution < 1.29 is 9.59 Å². The molecule has 0 aromatic carbocycles. The molecule has 0 spiro atoms. The van der Waals surface area contributed by atoms with Crippen LogP contribution in [-0.2, 0) is 0 Å². The quantitative estimate of drug-likeness (QED) is 0.931. The molecule has 2 aromatic rings. The zero-order valence-electron chi connectivity index (χ0n) is 12.8. The third kappa shape index (κ3) is 5.32. The Morgan fingerprint density at radius 1 is 1.00 bits per heavy atom. The molecule has 0 unspecified atom stereocenters. The summed E-state index contributed by atoms with van der Waals surface area (Å²) in [6, 6.07) is 6.85. The minimum atomic E-state index is -0.442. The van der Waals surface area contributed by atoms with Crippen molar-refractivity contribution in [1.82, 2.24) is 14.9 Å². The second-order valence-corrected chi connectivity index (χ2v) is 4.33. The van der Waals surface area contributed by atoms with Gasteiger partial charge in [0.1, 0.15) is 0 Å². The van der Waals surface area contributed by atoms with Crippen molar-refractivity contribution in [3.63, 3.8) is 0 Å². The van der Waals surface area contributed by atoms with Crippen LogP contribution in [0.15, 0.2) is 49.1 Å². The van der Waals surface area contributed by atoms with Gasteiger partial charge in [0.2, 0.25) is 5.91 Å². The highest BCUT2D eigenvalue weighted by atomic mass is 16.2. The van der Waals surface area contributed by atoms with E-state index in [4.69, 9.17) is 5.73 Å². The van der Waals surface area contributed by atoms with Crippen LogP contribution in [0.4, 0.5) is 0 Å². The van der Waals surface area contributed by atoms with Crippen LogP contribution >= 0.6 is 0 Å². The molecule has 2 amide bonds. The van der Waals surface area contributed by atoms with Gasteiger partial charge in [0.15, 0.2) is 0 Å². The summed E-state index contributed by atoms with van der Waals surface area (Å²) in [4.78, 5) is 31.5. The standard InChI is InChI=1S/C10H14N2O.C6H6N2O/c1-3-12(4-2)10(13)9-6-5-7-11-8-9;7-6(9)5-2-1-3-8-4-5/h5-8H,3-4H2,1-2H3;1-4H,(H2,7,9). The number of aromatic nitrogens is 2. The van der Waals surface area contributed by atoms with Gasteiger partial charge in [0.05, 0.1) is 11.1 Å². The van der Waals surface area contributed by atoms with E-state index in [1.807, 2.05) is 13.8 Å². The van der Waals surface area contributed by atoms with E-state index >= 15 is 0 Å². The number of carbonyl (C=O) groups is 2. The summed E-state index contributed by atoms with van der Waals surface area (Å²) in [6.07, 6.45) is 6.29. The number of rotatable bonds is 4. The number of hydrogen-bond acceptors (Lipinski definition) is 4. The number of pyridine rings is 2. The topological polar surface area (TPSA) is 89.2 Å². The van der Waals surface area contributed by atoms with Gasteiger partial charge in [-0.05, 0) is 38.1 Å². The molecular weight excluding hydrogens is 280 g/mol. The van der Waals surface area contributed by atoms with Crippen molar-refractivity contribution in [3.05, 3.63) is 60.2 Å². The van der Waals surface area contributed by atoms with Crippen LogP contribution < -0.4 is 5.73 Å². The monoisotopic (exact) mass is 300 g/mol. The van der Waals surface area contributed by atoms with Gasteiger partial charge >= 0.3 is 0 Å². The van der Waals surface area contributed by atoms with Gasteiger partial charge < -0.3 is 10.6 Å². The highest BCUT2D eigenvalue weighted by Gasteiger charge is 2.11. The van der Waals surface area contributed by atoms with Crippen LogP contribution in [0.25, 0.3) is 0 Å². The first-order valence-corrected chi connectivity index (χ1v) is 6.99. The lowest BCUT2D eigenvalue weighted by molar-refractivity contribution is 0.0772. The molecule has 0 aliphatic carbocycles. The van der Waals surface area contributed by atoms with E-state index in [0.29, 0.717) is 11.1 Å². The van der Waals surface area contributed by atoms with Crippen LogP contribution in [0.3, 0.4) is 0 Å². The smallest absolute Gasteiger partial charge is 0.255 e. The van der Waals surface area contributed by atoms with E-state index in [9.17, 15) is 9.59 Å². The lowest BCUT2D eigenvalue weighted by atomic mass is 10.2. The van der Waals surface area contributed by atoms with Gasteiger partial charge in [-0.15, -0.1) is 0 Å². The average Bonchev–Trinajstić information content (AvgIpc) is 2.58. The summed E-state index contributed by atoms with van der Waals surface area (Å²) in [6.45, 7) is 5.42. The molecule has 2 N–H and O–H groups in total. The van der Waals surface area contributed by atoms with E-state index in [0.717, 1.165) is 13.1 Å². The molecule has 0 atom stereocenters. The largest absolute Gasteiger partial charge is 0.366 e. The fourth-order valence-electron chi connectivity index (χ4n) is 1.69. The van der Waals surface area contributed by atoms with Gasteiger partial charge in [0, 0.05) is 37.9 Å². The first-order chi connectivity index (χ1) is 10.6. The molecule has 0 radical (unpaired) electrons. The summed E-state index contributed by atoms with van der Waals surface area (Å²) < 4.78 is 0. The molecule has 0 saturated heterocycles. The zero-order chi connectivity index (χ0) is 16.4. The Balaban J connectivity index is 0.000000235. The Morgan fingerprint density at radius 3 is 1.82 bits per heavy atom. The van der Waals surface area contributed by atoms with Crippen molar-refractivity contribution >= 4 is 11.8 Å². The van der Waals surface area contributed by atoms with E-state index in [2.05, 4.69) is 9.97 Å². The van der Waals surface area contributed by atoms with E-state index in [-0.39, 0.29) is 5.91 Å². The van der Waals surface area contributed by atoms with Crippen molar-refractivity contribution in [2.75, 3.05) is 13.1 Å². The van der Waals surface area contributed by atoms with Crippen LogP contribution in [0.1, 0.15) is 34.6 Å². The van der Waals surface area contributed by atoms with Crippen LogP contribution in [-0.4, -0.2) is 39.8 Å². The molecule has 0 aliphatic rings. The summed E-state index contributed by atoms with van der Waals surface area (Å²) in [5.41, 5.74) is 6.04. The van der Waals surface area contributed by atoms with Crippen molar-refractivity contribution in [3.8, 4) is 0 Å². The molecule has 6 nitrogen and oxygen atoms in total. The third-order valence-corrected chi connectivity index (χ3v) is 2.91. The number of carbonyl (C=O) groups excluding carboxylic acids is 2. The third-order valence-electron chi connectivity index (χ3n) is 2.91. The van der Waals surface area contributed by atoms with Crippen LogP contribution in [0, 0.1) is 0 Å². The lowest BCUT2D eigenvalue weighted by Gasteiger charge is -2.17. The van der Waals surface area contributed by atoms with E-state index < -0.39 is 5.91 Å². The van der Waals surface area contributed by atoms with Crippen molar-refractivity contribution in [2.45, 2.75) is 13.8 Å². The fourth-order valence-corrected chi connectivity index (χ4v) is 1.69. The predicted molar refractivity (Wildman–Crippen MR) is 84.2 cm³/mol. The molecule has 116 valence electrons. The predicted octanol–water partition coefficient (Wildman–Crippen LogP) is 1.74. The Kier molecular flexibility index (Phi) is 7.25. The minimum absolute atomic E-state index is 0.0538. The zero-order valence-corrected chi connectivity index (χ0v) is 12.8. The van der Waals surface area contributed by atoms with Crippen LogP contribution in [0.5, 0.6) is 0 Å². The molecular formula is C16H20N4O2. The Bertz CT molecular complexity index is 584.